The fourth-order valence-electron chi connectivity index (χ4n) is 3.78. The second-order valence-electron chi connectivity index (χ2n) is 7.45. The highest BCUT2D eigenvalue weighted by molar-refractivity contribution is 6.00. The van der Waals surface area contributed by atoms with Gasteiger partial charge in [0.25, 0.3) is 0 Å². The number of amides is 2. The highest BCUT2D eigenvalue weighted by Crippen LogP contribution is 2.29. The van der Waals surface area contributed by atoms with Gasteiger partial charge in [0.05, 0.1) is 20.8 Å². The fraction of sp³-hybridized carbons (Fsp3) is 0.348. The van der Waals surface area contributed by atoms with Crippen molar-refractivity contribution in [3.05, 3.63) is 59.9 Å². The van der Waals surface area contributed by atoms with Gasteiger partial charge < -0.3 is 14.8 Å². The Kier molecular flexibility index (Phi) is 6.35. The summed E-state index contributed by atoms with van der Waals surface area (Å²) in [6.45, 7) is 1.12. The number of benzene rings is 2. The van der Waals surface area contributed by atoms with E-state index in [-0.39, 0.29) is 6.03 Å². The molecule has 31 heavy (non-hydrogen) atoms. The van der Waals surface area contributed by atoms with Crippen molar-refractivity contribution in [2.75, 3.05) is 24.4 Å². The number of nitrogens with one attached hydrogen (secondary N) is 1. The molecule has 8 heteroatoms. The molecule has 0 unspecified atom stereocenters. The monoisotopic (exact) mass is 421 g/mol. The van der Waals surface area contributed by atoms with Crippen LogP contribution in [0.3, 0.4) is 0 Å². The minimum absolute atomic E-state index is 0.263. The van der Waals surface area contributed by atoms with Crippen LogP contribution in [-0.2, 0) is 19.5 Å². The van der Waals surface area contributed by atoms with Crippen molar-refractivity contribution in [1.82, 2.24) is 14.8 Å². The van der Waals surface area contributed by atoms with Crippen LogP contribution in [0.4, 0.5) is 16.4 Å². The molecule has 0 atom stereocenters. The highest BCUT2D eigenvalue weighted by Gasteiger charge is 2.25. The molecule has 0 bridgehead atoms. The summed E-state index contributed by atoms with van der Waals surface area (Å²) >= 11 is 0. The molecule has 0 fully saturated rings. The van der Waals surface area contributed by atoms with Gasteiger partial charge in [-0.1, -0.05) is 30.7 Å². The molecular weight excluding hydrogens is 394 g/mol. The number of carbonyl (C=O) groups is 1. The molecule has 0 radical (unpaired) electrons. The number of hydrogen-bond acceptors (Lipinski definition) is 5. The summed E-state index contributed by atoms with van der Waals surface area (Å²) in [7, 11) is 3.20. The number of urea groups is 1. The number of carbonyl (C=O) groups excluding carboxylic acids is 1. The van der Waals surface area contributed by atoms with E-state index < -0.39 is 0 Å². The number of nitrogens with zero attached hydrogens (tertiary/aromatic N) is 4. The first-order valence-electron chi connectivity index (χ1n) is 10.5. The second-order valence-corrected chi connectivity index (χ2v) is 7.45. The molecule has 162 valence electrons. The van der Waals surface area contributed by atoms with E-state index in [2.05, 4.69) is 20.1 Å². The van der Waals surface area contributed by atoms with Crippen molar-refractivity contribution in [3.63, 3.8) is 0 Å². The summed E-state index contributed by atoms with van der Waals surface area (Å²) in [5.41, 5.74) is 1.62. The first kappa shape index (κ1) is 20.7. The van der Waals surface area contributed by atoms with E-state index in [0.29, 0.717) is 24.0 Å². The molecule has 3 aromatic rings. The smallest absolute Gasteiger partial charge is 0.329 e. The Balaban J connectivity index is 1.68. The molecule has 2 aromatic carbocycles. The number of anilines is 2. The third-order valence-corrected chi connectivity index (χ3v) is 5.39. The van der Waals surface area contributed by atoms with Gasteiger partial charge in [-0.25, -0.2) is 4.79 Å². The number of rotatable bonds is 6. The summed E-state index contributed by atoms with van der Waals surface area (Å²) in [6, 6.07) is 14.8. The molecule has 0 spiro atoms. The lowest BCUT2D eigenvalue weighted by molar-refractivity contribution is 0.256. The van der Waals surface area contributed by atoms with Gasteiger partial charge in [0.1, 0.15) is 5.82 Å². The van der Waals surface area contributed by atoms with E-state index in [1.165, 1.54) is 0 Å². The van der Waals surface area contributed by atoms with Gasteiger partial charge in [-0.2, -0.15) is 0 Å². The Bertz CT molecular complexity index is 1030. The lowest BCUT2D eigenvalue weighted by Crippen LogP contribution is -2.36. The molecule has 0 saturated heterocycles. The zero-order chi connectivity index (χ0) is 21.6. The van der Waals surface area contributed by atoms with Crippen LogP contribution in [0.1, 0.15) is 30.7 Å². The standard InChI is InChI=1S/C23H27N5O3/c1-30-19-13-12-17(15-20(19)31-2)16-28(23(29)24-18-9-5-3-6-10-18)22-26-25-21-11-7-4-8-14-27(21)22/h3,5-6,9-10,12-13,15H,4,7-8,11,14,16H2,1-2H3,(H,24,29). The Hall–Kier alpha value is -3.55. The molecule has 0 saturated carbocycles. The molecule has 1 aliphatic heterocycles. The summed E-state index contributed by atoms with van der Waals surface area (Å²) in [5.74, 6) is 2.74. The molecule has 0 aliphatic carbocycles. The van der Waals surface area contributed by atoms with Crippen molar-refractivity contribution in [2.24, 2.45) is 0 Å². The zero-order valence-electron chi connectivity index (χ0n) is 17.9. The maximum absolute atomic E-state index is 13.3. The van der Waals surface area contributed by atoms with Gasteiger partial charge in [0.2, 0.25) is 5.95 Å². The quantitative estimate of drug-likeness (QED) is 0.643. The largest absolute Gasteiger partial charge is 0.493 e. The van der Waals surface area contributed by atoms with Crippen molar-refractivity contribution in [2.45, 2.75) is 38.8 Å². The summed E-state index contributed by atoms with van der Waals surface area (Å²) in [5, 5.41) is 11.7. The Morgan fingerprint density at radius 2 is 1.84 bits per heavy atom. The van der Waals surface area contributed by atoms with Gasteiger partial charge in [-0.3, -0.25) is 9.47 Å². The van der Waals surface area contributed by atoms with Gasteiger partial charge in [0.15, 0.2) is 11.5 Å². The maximum Gasteiger partial charge on any atom is 0.329 e. The topological polar surface area (TPSA) is 81.5 Å². The SMILES string of the molecule is COc1ccc(CN(C(=O)Nc2ccccc2)c2nnc3n2CCCCC3)cc1OC. The first-order chi connectivity index (χ1) is 15.2. The average molecular weight is 422 g/mol. The van der Waals surface area contributed by atoms with Crippen LogP contribution in [0.15, 0.2) is 48.5 Å². The number of aryl methyl sites for hydroxylation is 1. The van der Waals surface area contributed by atoms with Gasteiger partial charge in [-0.05, 0) is 42.7 Å². The summed E-state index contributed by atoms with van der Waals surface area (Å²) in [4.78, 5) is 15.0. The molecule has 1 aromatic heterocycles. The van der Waals surface area contributed by atoms with E-state index in [9.17, 15) is 4.79 Å². The van der Waals surface area contributed by atoms with Crippen LogP contribution in [-0.4, -0.2) is 35.0 Å². The number of fused-ring (bicyclic) bond motifs is 1. The van der Waals surface area contributed by atoms with E-state index in [1.54, 1.807) is 19.1 Å². The summed E-state index contributed by atoms with van der Waals surface area (Å²) in [6.07, 6.45) is 4.15. The normalized spacial score (nSPS) is 13.1. The molecule has 8 nitrogen and oxygen atoms in total. The predicted molar refractivity (Wildman–Crippen MR) is 119 cm³/mol. The van der Waals surface area contributed by atoms with Crippen LogP contribution >= 0.6 is 0 Å². The molecular formula is C23H27N5O3. The zero-order valence-corrected chi connectivity index (χ0v) is 17.9. The van der Waals surface area contributed by atoms with E-state index >= 15 is 0 Å². The van der Waals surface area contributed by atoms with Crippen LogP contribution < -0.4 is 19.7 Å². The van der Waals surface area contributed by atoms with Crippen LogP contribution in [0.2, 0.25) is 0 Å². The van der Waals surface area contributed by atoms with Gasteiger partial charge >= 0.3 is 6.03 Å². The Morgan fingerprint density at radius 1 is 1.03 bits per heavy atom. The Morgan fingerprint density at radius 3 is 2.61 bits per heavy atom. The van der Waals surface area contributed by atoms with Crippen LogP contribution in [0, 0.1) is 0 Å². The number of aromatic nitrogens is 3. The minimum Gasteiger partial charge on any atom is -0.493 e. The van der Waals surface area contributed by atoms with Gasteiger partial charge in [-0.15, -0.1) is 10.2 Å². The van der Waals surface area contributed by atoms with Crippen molar-refractivity contribution >= 4 is 17.7 Å². The van der Waals surface area contributed by atoms with E-state index in [1.807, 2.05) is 48.5 Å². The molecule has 2 heterocycles. The lowest BCUT2D eigenvalue weighted by atomic mass is 10.2. The minimum atomic E-state index is -0.263. The maximum atomic E-state index is 13.3. The van der Waals surface area contributed by atoms with Crippen molar-refractivity contribution < 1.29 is 14.3 Å². The summed E-state index contributed by atoms with van der Waals surface area (Å²) < 4.78 is 12.8. The number of ether oxygens (including phenoxy) is 2. The number of methoxy groups -OCH3 is 2. The van der Waals surface area contributed by atoms with Crippen LogP contribution in [0.25, 0.3) is 0 Å². The fourth-order valence-corrected chi connectivity index (χ4v) is 3.78. The molecule has 1 aliphatic rings. The third-order valence-electron chi connectivity index (χ3n) is 5.39. The van der Waals surface area contributed by atoms with Crippen LogP contribution in [0.5, 0.6) is 11.5 Å². The third kappa shape index (κ3) is 4.63. The second kappa shape index (κ2) is 9.51. The number of hydrogen-bond donors (Lipinski definition) is 1. The first-order valence-corrected chi connectivity index (χ1v) is 10.5. The van der Waals surface area contributed by atoms with E-state index in [4.69, 9.17) is 9.47 Å². The lowest BCUT2D eigenvalue weighted by Gasteiger charge is -2.23. The molecule has 1 N–H and O–H groups in total. The predicted octanol–water partition coefficient (Wildman–Crippen LogP) is 4.26. The number of para-hydroxylation sites is 1. The van der Waals surface area contributed by atoms with Gasteiger partial charge in [0, 0.05) is 18.7 Å². The Labute approximate surface area is 181 Å². The molecule has 4 rings (SSSR count). The van der Waals surface area contributed by atoms with E-state index in [0.717, 1.165) is 49.3 Å². The van der Waals surface area contributed by atoms with Crippen molar-refractivity contribution in [1.29, 1.82) is 0 Å². The molecule has 2 amide bonds. The highest BCUT2D eigenvalue weighted by atomic mass is 16.5. The van der Waals surface area contributed by atoms with Crippen molar-refractivity contribution in [3.8, 4) is 11.5 Å². The average Bonchev–Trinajstić information content (AvgIpc) is 3.04.